The third kappa shape index (κ3) is 8.05. The molecule has 0 radical (unpaired) electrons. The molecule has 0 heterocycles. The molecular formula is C18H30O2Si. The third-order valence-corrected chi connectivity index (χ3v) is 4.21. The SMILES string of the molecule is CCCCCCCCc1ccc(C(=O)O[Si](C)(C)C)cc1. The number of carbonyl (C=O) groups excluding carboxylic acids is 1. The lowest BCUT2D eigenvalue weighted by Crippen LogP contribution is -2.29. The summed E-state index contributed by atoms with van der Waals surface area (Å²) in [5, 5.41) is 0. The van der Waals surface area contributed by atoms with E-state index in [1.165, 1.54) is 44.1 Å². The quantitative estimate of drug-likeness (QED) is 0.439. The molecule has 0 spiro atoms. The van der Waals surface area contributed by atoms with Crippen LogP contribution < -0.4 is 0 Å². The van der Waals surface area contributed by atoms with Crippen LogP contribution in [0.5, 0.6) is 0 Å². The van der Waals surface area contributed by atoms with Crippen LogP contribution in [0, 0.1) is 0 Å². The third-order valence-electron chi connectivity index (χ3n) is 3.41. The Morgan fingerprint density at radius 2 is 1.52 bits per heavy atom. The van der Waals surface area contributed by atoms with E-state index in [-0.39, 0.29) is 5.97 Å². The van der Waals surface area contributed by atoms with Gasteiger partial charge >= 0.3 is 5.97 Å². The van der Waals surface area contributed by atoms with Crippen molar-refractivity contribution >= 4 is 14.3 Å². The molecule has 0 aromatic heterocycles. The first-order valence-corrected chi connectivity index (χ1v) is 11.7. The predicted octanol–water partition coefficient (Wildman–Crippen LogP) is 5.58. The van der Waals surface area contributed by atoms with Crippen LogP contribution in [-0.4, -0.2) is 14.3 Å². The lowest BCUT2D eigenvalue weighted by Gasteiger charge is -2.17. The molecule has 0 fully saturated rings. The highest BCUT2D eigenvalue weighted by molar-refractivity contribution is 6.71. The summed E-state index contributed by atoms with van der Waals surface area (Å²) >= 11 is 0. The van der Waals surface area contributed by atoms with Gasteiger partial charge in [0.1, 0.15) is 0 Å². The van der Waals surface area contributed by atoms with Gasteiger partial charge < -0.3 is 4.43 Å². The summed E-state index contributed by atoms with van der Waals surface area (Å²) in [5.74, 6) is -0.180. The minimum absolute atomic E-state index is 0.180. The maximum Gasteiger partial charge on any atom is 0.324 e. The van der Waals surface area contributed by atoms with E-state index in [1.54, 1.807) is 0 Å². The van der Waals surface area contributed by atoms with Crippen LogP contribution in [0.3, 0.4) is 0 Å². The topological polar surface area (TPSA) is 26.3 Å². The highest BCUT2D eigenvalue weighted by atomic mass is 28.4. The van der Waals surface area contributed by atoms with Gasteiger partial charge in [-0.05, 0) is 50.2 Å². The molecular weight excluding hydrogens is 276 g/mol. The molecule has 0 aliphatic heterocycles. The Morgan fingerprint density at radius 3 is 2.10 bits per heavy atom. The summed E-state index contributed by atoms with van der Waals surface area (Å²) in [4.78, 5) is 11.9. The molecule has 0 N–H and O–H groups in total. The number of carbonyl (C=O) groups is 1. The Morgan fingerprint density at radius 1 is 0.952 bits per heavy atom. The van der Waals surface area contributed by atoms with E-state index in [1.807, 2.05) is 31.8 Å². The van der Waals surface area contributed by atoms with Gasteiger partial charge in [-0.3, -0.25) is 0 Å². The Hall–Kier alpha value is -1.09. The molecule has 1 aromatic carbocycles. The fourth-order valence-electron chi connectivity index (χ4n) is 2.25. The summed E-state index contributed by atoms with van der Waals surface area (Å²) < 4.78 is 5.50. The standard InChI is InChI=1S/C18H30O2Si/c1-5-6-7-8-9-10-11-16-12-14-17(15-13-16)18(19)20-21(2,3)4/h12-15H,5-11H2,1-4H3. The fourth-order valence-corrected chi connectivity index (χ4v) is 2.93. The minimum atomic E-state index is -1.80. The molecule has 0 saturated heterocycles. The molecule has 118 valence electrons. The van der Waals surface area contributed by atoms with Gasteiger partial charge in [0, 0.05) is 0 Å². The van der Waals surface area contributed by atoms with E-state index in [9.17, 15) is 4.79 Å². The van der Waals surface area contributed by atoms with Gasteiger partial charge in [0.05, 0.1) is 5.56 Å². The van der Waals surface area contributed by atoms with Crippen LogP contribution in [0.15, 0.2) is 24.3 Å². The molecule has 0 saturated carbocycles. The van der Waals surface area contributed by atoms with Crippen LogP contribution >= 0.6 is 0 Å². The van der Waals surface area contributed by atoms with Gasteiger partial charge in [-0.25, -0.2) is 4.79 Å². The zero-order valence-electron chi connectivity index (χ0n) is 14.1. The number of hydrogen-bond acceptors (Lipinski definition) is 2. The molecule has 0 unspecified atom stereocenters. The molecule has 1 aromatic rings. The largest absolute Gasteiger partial charge is 0.516 e. The fraction of sp³-hybridized carbons (Fsp3) is 0.611. The van der Waals surface area contributed by atoms with E-state index in [0.717, 1.165) is 6.42 Å². The first-order valence-electron chi connectivity index (χ1n) is 8.24. The number of aryl methyl sites for hydroxylation is 1. The van der Waals surface area contributed by atoms with Crippen LogP contribution in [0.1, 0.15) is 61.4 Å². The second kappa shape index (κ2) is 9.03. The van der Waals surface area contributed by atoms with E-state index in [4.69, 9.17) is 4.43 Å². The lowest BCUT2D eigenvalue weighted by molar-refractivity contribution is 0.0724. The number of hydrogen-bond donors (Lipinski definition) is 0. The van der Waals surface area contributed by atoms with E-state index >= 15 is 0 Å². The van der Waals surface area contributed by atoms with Crippen molar-refractivity contribution in [1.82, 2.24) is 0 Å². The van der Waals surface area contributed by atoms with Crippen molar-refractivity contribution in [2.75, 3.05) is 0 Å². The Kier molecular flexibility index (Phi) is 7.72. The molecule has 0 aliphatic rings. The van der Waals surface area contributed by atoms with Gasteiger partial charge in [0.2, 0.25) is 8.32 Å². The summed E-state index contributed by atoms with van der Waals surface area (Å²) in [6, 6.07) is 7.92. The van der Waals surface area contributed by atoms with Crippen molar-refractivity contribution in [1.29, 1.82) is 0 Å². The van der Waals surface area contributed by atoms with E-state index in [0.29, 0.717) is 5.56 Å². The molecule has 2 nitrogen and oxygen atoms in total. The molecule has 0 atom stereocenters. The maximum atomic E-state index is 11.9. The van der Waals surface area contributed by atoms with E-state index in [2.05, 4.69) is 19.1 Å². The highest BCUT2D eigenvalue weighted by Crippen LogP contribution is 2.13. The number of benzene rings is 1. The summed E-state index contributed by atoms with van der Waals surface area (Å²) in [5.41, 5.74) is 1.99. The van der Waals surface area contributed by atoms with Crippen LogP contribution in [0.4, 0.5) is 0 Å². The Balaban J connectivity index is 2.35. The van der Waals surface area contributed by atoms with Crippen molar-refractivity contribution in [3.05, 3.63) is 35.4 Å². The van der Waals surface area contributed by atoms with Crippen molar-refractivity contribution in [3.8, 4) is 0 Å². The Bertz CT molecular complexity index is 418. The predicted molar refractivity (Wildman–Crippen MR) is 92.3 cm³/mol. The normalized spacial score (nSPS) is 11.4. The summed E-state index contributed by atoms with van der Waals surface area (Å²) in [6.07, 6.45) is 9.01. The minimum Gasteiger partial charge on any atom is -0.516 e. The number of unbranched alkanes of at least 4 members (excludes halogenated alkanes) is 5. The smallest absolute Gasteiger partial charge is 0.324 e. The monoisotopic (exact) mass is 306 g/mol. The van der Waals surface area contributed by atoms with Crippen LogP contribution in [-0.2, 0) is 10.8 Å². The number of rotatable bonds is 9. The van der Waals surface area contributed by atoms with Crippen molar-refractivity contribution in [2.45, 2.75) is 71.5 Å². The van der Waals surface area contributed by atoms with Gasteiger partial charge in [-0.1, -0.05) is 51.2 Å². The molecule has 21 heavy (non-hydrogen) atoms. The average Bonchev–Trinajstić information content (AvgIpc) is 2.41. The second-order valence-corrected chi connectivity index (χ2v) is 11.1. The van der Waals surface area contributed by atoms with Gasteiger partial charge in [0.25, 0.3) is 0 Å². The van der Waals surface area contributed by atoms with E-state index < -0.39 is 8.32 Å². The van der Waals surface area contributed by atoms with Crippen molar-refractivity contribution in [2.24, 2.45) is 0 Å². The highest BCUT2D eigenvalue weighted by Gasteiger charge is 2.20. The second-order valence-electron chi connectivity index (χ2n) is 6.72. The van der Waals surface area contributed by atoms with Gasteiger partial charge in [-0.2, -0.15) is 0 Å². The lowest BCUT2D eigenvalue weighted by atomic mass is 10.0. The van der Waals surface area contributed by atoms with Crippen molar-refractivity contribution < 1.29 is 9.22 Å². The summed E-state index contributed by atoms with van der Waals surface area (Å²) in [7, 11) is -1.80. The average molecular weight is 307 g/mol. The zero-order valence-corrected chi connectivity index (χ0v) is 15.1. The molecule has 0 bridgehead atoms. The molecule has 0 aliphatic carbocycles. The first kappa shape index (κ1) is 18.0. The maximum absolute atomic E-state index is 11.9. The first-order chi connectivity index (χ1) is 9.92. The molecule has 3 heteroatoms. The van der Waals surface area contributed by atoms with Crippen LogP contribution in [0.25, 0.3) is 0 Å². The van der Waals surface area contributed by atoms with Gasteiger partial charge in [-0.15, -0.1) is 0 Å². The zero-order chi connectivity index (χ0) is 15.7. The Labute approximate surface area is 131 Å². The van der Waals surface area contributed by atoms with Crippen molar-refractivity contribution in [3.63, 3.8) is 0 Å². The summed E-state index contributed by atoms with van der Waals surface area (Å²) in [6.45, 7) is 8.32. The molecule has 1 rings (SSSR count). The van der Waals surface area contributed by atoms with Gasteiger partial charge in [0.15, 0.2) is 0 Å². The molecule has 0 amide bonds. The van der Waals surface area contributed by atoms with Crippen LogP contribution in [0.2, 0.25) is 19.6 Å².